The van der Waals surface area contributed by atoms with Gasteiger partial charge in [-0.1, -0.05) is 66.7 Å². The number of unbranched alkanes of at least 4 members (excludes halogenated alkanes) is 1. The summed E-state index contributed by atoms with van der Waals surface area (Å²) in [6.45, 7) is 12.5. The van der Waals surface area contributed by atoms with Gasteiger partial charge in [0.2, 0.25) is 0 Å². The van der Waals surface area contributed by atoms with Gasteiger partial charge in [0.15, 0.2) is 0 Å². The van der Waals surface area contributed by atoms with Gasteiger partial charge in [-0.3, -0.25) is 0 Å². The number of rotatable bonds is 4. The Kier molecular flexibility index (Phi) is 4.78. The highest BCUT2D eigenvalue weighted by Crippen LogP contribution is 2.53. The lowest BCUT2D eigenvalue weighted by atomic mass is 9.52. The Morgan fingerprint density at radius 2 is 1.44 bits per heavy atom. The van der Waals surface area contributed by atoms with Gasteiger partial charge in [-0.2, -0.15) is 0 Å². The van der Waals surface area contributed by atoms with Gasteiger partial charge in [-0.15, -0.1) is 0 Å². The third kappa shape index (κ3) is 2.49. The lowest BCUT2D eigenvalue weighted by molar-refractivity contribution is -0.0442. The zero-order valence-corrected chi connectivity index (χ0v) is 13.3. The van der Waals surface area contributed by atoms with Crippen molar-refractivity contribution in [2.75, 3.05) is 0 Å². The van der Waals surface area contributed by atoms with Crippen molar-refractivity contribution in [2.24, 2.45) is 41.4 Å². The van der Waals surface area contributed by atoms with E-state index in [0.717, 1.165) is 41.4 Å². The molecule has 106 valence electrons. The molecule has 18 heavy (non-hydrogen) atoms. The van der Waals surface area contributed by atoms with Crippen LogP contribution < -0.4 is 0 Å². The first-order chi connectivity index (χ1) is 8.57. The molecule has 0 amide bonds. The lowest BCUT2D eigenvalue weighted by Crippen LogP contribution is -2.46. The van der Waals surface area contributed by atoms with Crippen LogP contribution in [0.1, 0.15) is 73.1 Å². The molecule has 2 fully saturated rings. The van der Waals surface area contributed by atoms with Gasteiger partial charge < -0.3 is 0 Å². The molecule has 0 aromatic rings. The molecular weight excluding hydrogens is 216 g/mol. The van der Waals surface area contributed by atoms with Gasteiger partial charge >= 0.3 is 0 Å². The minimum absolute atomic E-state index is 0.929. The summed E-state index contributed by atoms with van der Waals surface area (Å²) in [5, 5.41) is 0. The lowest BCUT2D eigenvalue weighted by Gasteiger charge is -2.53. The normalized spacial score (nSPS) is 45.8. The van der Waals surface area contributed by atoms with E-state index in [2.05, 4.69) is 34.6 Å². The molecule has 0 aromatic heterocycles. The van der Waals surface area contributed by atoms with Crippen molar-refractivity contribution in [3.05, 3.63) is 0 Å². The van der Waals surface area contributed by atoms with Crippen LogP contribution in [0, 0.1) is 41.4 Å². The maximum Gasteiger partial charge on any atom is -0.0326 e. The predicted molar refractivity (Wildman–Crippen MR) is 80.5 cm³/mol. The second-order valence-electron chi connectivity index (χ2n) is 7.51. The molecule has 6 atom stereocenters. The van der Waals surface area contributed by atoms with Crippen LogP contribution in [-0.4, -0.2) is 0 Å². The summed E-state index contributed by atoms with van der Waals surface area (Å²) in [5.41, 5.74) is 0. The van der Waals surface area contributed by atoms with Crippen LogP contribution in [0.5, 0.6) is 0 Å². The average Bonchev–Trinajstić information content (AvgIpc) is 2.30. The highest BCUT2D eigenvalue weighted by molar-refractivity contribution is 4.95. The molecule has 2 saturated carbocycles. The fraction of sp³-hybridized carbons (Fsp3) is 1.00. The van der Waals surface area contributed by atoms with Crippen molar-refractivity contribution in [3.8, 4) is 0 Å². The predicted octanol–water partition coefficient (Wildman–Crippen LogP) is 5.77. The second-order valence-corrected chi connectivity index (χ2v) is 7.51. The largest absolute Gasteiger partial charge is 0.0654 e. The first kappa shape index (κ1) is 14.4. The molecule has 0 heteroatoms. The van der Waals surface area contributed by atoms with Gasteiger partial charge in [0.05, 0.1) is 0 Å². The first-order valence-electron chi connectivity index (χ1n) is 8.57. The topological polar surface area (TPSA) is 0 Å². The van der Waals surface area contributed by atoms with Gasteiger partial charge in [0, 0.05) is 0 Å². The van der Waals surface area contributed by atoms with E-state index in [1.807, 2.05) is 0 Å². The minimum Gasteiger partial charge on any atom is -0.0654 e. The fourth-order valence-electron chi connectivity index (χ4n) is 4.94. The highest BCUT2D eigenvalue weighted by atomic mass is 14.5. The van der Waals surface area contributed by atoms with Crippen LogP contribution in [-0.2, 0) is 0 Å². The fourth-order valence-corrected chi connectivity index (χ4v) is 4.94. The zero-order chi connectivity index (χ0) is 13.3. The second kappa shape index (κ2) is 5.97. The van der Waals surface area contributed by atoms with E-state index >= 15 is 0 Å². The summed E-state index contributed by atoms with van der Waals surface area (Å²) in [6, 6.07) is 0. The van der Waals surface area contributed by atoms with Gasteiger partial charge in [0.1, 0.15) is 0 Å². The van der Waals surface area contributed by atoms with Crippen molar-refractivity contribution in [1.29, 1.82) is 0 Å². The quantitative estimate of drug-likeness (QED) is 0.594. The molecule has 0 N–H and O–H groups in total. The maximum absolute atomic E-state index is 2.56. The van der Waals surface area contributed by atoms with Crippen molar-refractivity contribution in [1.82, 2.24) is 0 Å². The van der Waals surface area contributed by atoms with Gasteiger partial charge in [0.25, 0.3) is 0 Å². The molecule has 0 saturated heterocycles. The van der Waals surface area contributed by atoms with E-state index < -0.39 is 0 Å². The average molecular weight is 250 g/mol. The molecular formula is C18H34. The molecule has 0 bridgehead atoms. The molecule has 0 aromatic carbocycles. The standard InChI is InChI=1S/C18H34/c1-6-7-11-17-14(4)12(2)13(3)15(5)18(17)16-9-8-10-16/h12-18H,6-11H2,1-5H3. The highest BCUT2D eigenvalue weighted by Gasteiger charge is 2.46. The van der Waals surface area contributed by atoms with Crippen molar-refractivity contribution >= 4 is 0 Å². The Morgan fingerprint density at radius 3 is 1.94 bits per heavy atom. The Balaban J connectivity index is 2.13. The van der Waals surface area contributed by atoms with E-state index in [0.29, 0.717) is 0 Å². The Bertz CT molecular complexity index is 253. The molecule has 0 radical (unpaired) electrons. The Labute approximate surface area is 115 Å². The molecule has 0 nitrogen and oxygen atoms in total. The molecule has 2 aliphatic rings. The van der Waals surface area contributed by atoms with Crippen LogP contribution >= 0.6 is 0 Å². The van der Waals surface area contributed by atoms with E-state index in [1.165, 1.54) is 38.5 Å². The van der Waals surface area contributed by atoms with Crippen LogP contribution in [0.2, 0.25) is 0 Å². The molecule has 0 heterocycles. The summed E-state index contributed by atoms with van der Waals surface area (Å²) in [6.07, 6.45) is 8.90. The first-order valence-corrected chi connectivity index (χ1v) is 8.57. The van der Waals surface area contributed by atoms with E-state index in [1.54, 1.807) is 0 Å². The van der Waals surface area contributed by atoms with Crippen molar-refractivity contribution in [2.45, 2.75) is 73.1 Å². The Hall–Kier alpha value is 0. The van der Waals surface area contributed by atoms with Crippen molar-refractivity contribution < 1.29 is 0 Å². The van der Waals surface area contributed by atoms with E-state index in [-0.39, 0.29) is 0 Å². The summed E-state index contributed by atoms with van der Waals surface area (Å²) in [5.74, 6) is 6.93. The summed E-state index contributed by atoms with van der Waals surface area (Å²) in [4.78, 5) is 0. The Morgan fingerprint density at radius 1 is 0.833 bits per heavy atom. The third-order valence-corrected chi connectivity index (χ3v) is 6.85. The molecule has 6 unspecified atom stereocenters. The number of hydrogen-bond acceptors (Lipinski definition) is 0. The van der Waals surface area contributed by atoms with Crippen LogP contribution in [0.3, 0.4) is 0 Å². The van der Waals surface area contributed by atoms with E-state index in [9.17, 15) is 0 Å². The number of hydrogen-bond donors (Lipinski definition) is 0. The molecule has 0 aliphatic heterocycles. The van der Waals surface area contributed by atoms with Gasteiger partial charge in [-0.25, -0.2) is 0 Å². The van der Waals surface area contributed by atoms with Crippen LogP contribution in [0.15, 0.2) is 0 Å². The smallest absolute Gasteiger partial charge is 0.0326 e. The molecule has 0 spiro atoms. The summed E-state index contributed by atoms with van der Waals surface area (Å²) < 4.78 is 0. The molecule has 2 aliphatic carbocycles. The van der Waals surface area contributed by atoms with Crippen LogP contribution in [0.25, 0.3) is 0 Å². The summed E-state index contributed by atoms with van der Waals surface area (Å²) in [7, 11) is 0. The zero-order valence-electron chi connectivity index (χ0n) is 13.3. The van der Waals surface area contributed by atoms with E-state index in [4.69, 9.17) is 0 Å². The minimum atomic E-state index is 0.929. The van der Waals surface area contributed by atoms with Gasteiger partial charge in [-0.05, 0) is 47.8 Å². The van der Waals surface area contributed by atoms with Crippen molar-refractivity contribution in [3.63, 3.8) is 0 Å². The molecule has 2 rings (SSSR count). The van der Waals surface area contributed by atoms with Crippen LogP contribution in [0.4, 0.5) is 0 Å². The summed E-state index contributed by atoms with van der Waals surface area (Å²) >= 11 is 0. The SMILES string of the molecule is CCCCC1C(C)C(C)C(C)C(C)C1C1CCC1. The maximum atomic E-state index is 2.56. The third-order valence-electron chi connectivity index (χ3n) is 6.85. The monoisotopic (exact) mass is 250 g/mol.